The molecule has 0 radical (unpaired) electrons. The summed E-state index contributed by atoms with van der Waals surface area (Å²) in [6.45, 7) is 6.46. The number of aryl methyl sites for hydroxylation is 1. The fourth-order valence-corrected chi connectivity index (χ4v) is 4.16. The highest BCUT2D eigenvalue weighted by molar-refractivity contribution is 6.31. The third-order valence-electron chi connectivity index (χ3n) is 5.50. The maximum atomic E-state index is 13.0. The van der Waals surface area contributed by atoms with Crippen LogP contribution in [-0.2, 0) is 17.8 Å². The molecule has 0 unspecified atom stereocenters. The van der Waals surface area contributed by atoms with Crippen molar-refractivity contribution in [1.82, 2.24) is 9.78 Å². The molecule has 6 nitrogen and oxygen atoms in total. The lowest BCUT2D eigenvalue weighted by Gasteiger charge is -2.15. The van der Waals surface area contributed by atoms with E-state index in [0.29, 0.717) is 35.1 Å². The predicted molar refractivity (Wildman–Crippen MR) is 118 cm³/mol. The topological polar surface area (TPSA) is 67.2 Å². The van der Waals surface area contributed by atoms with Crippen molar-refractivity contribution in [1.29, 1.82) is 0 Å². The van der Waals surface area contributed by atoms with E-state index in [1.807, 2.05) is 56.3 Å². The Morgan fingerprint density at radius 3 is 2.67 bits per heavy atom. The van der Waals surface area contributed by atoms with Gasteiger partial charge in [0, 0.05) is 35.6 Å². The minimum Gasteiger partial charge on any atom is -0.322 e. The van der Waals surface area contributed by atoms with Gasteiger partial charge in [-0.25, -0.2) is 0 Å². The van der Waals surface area contributed by atoms with Crippen molar-refractivity contribution in [2.45, 2.75) is 33.7 Å². The maximum absolute atomic E-state index is 13.0. The number of carbonyl (C=O) groups is 2. The summed E-state index contributed by atoms with van der Waals surface area (Å²) >= 11 is 6.27. The summed E-state index contributed by atoms with van der Waals surface area (Å²) in [5, 5.41) is 8.20. The van der Waals surface area contributed by atoms with Crippen LogP contribution in [0.1, 0.15) is 39.8 Å². The van der Waals surface area contributed by atoms with Crippen LogP contribution in [0.3, 0.4) is 0 Å². The molecule has 2 heterocycles. The van der Waals surface area contributed by atoms with E-state index >= 15 is 0 Å². The first-order valence-corrected chi connectivity index (χ1v) is 10.2. The Labute approximate surface area is 180 Å². The Kier molecular flexibility index (Phi) is 5.35. The van der Waals surface area contributed by atoms with Crippen LogP contribution in [-0.4, -0.2) is 28.1 Å². The number of hydrogen-bond donors (Lipinski definition) is 1. The van der Waals surface area contributed by atoms with Crippen LogP contribution in [0.4, 0.5) is 11.4 Å². The van der Waals surface area contributed by atoms with Crippen molar-refractivity contribution >= 4 is 34.8 Å². The number of fused-ring (bicyclic) bond motifs is 1. The number of carbonyl (C=O) groups excluding carboxylic acids is 2. The molecule has 4 rings (SSSR count). The number of anilines is 2. The molecule has 1 N–H and O–H groups in total. The second-order valence-corrected chi connectivity index (χ2v) is 7.92. The molecule has 2 amide bonds. The second kappa shape index (κ2) is 7.95. The Morgan fingerprint density at radius 2 is 1.93 bits per heavy atom. The minimum atomic E-state index is -0.197. The van der Waals surface area contributed by atoms with E-state index < -0.39 is 0 Å². The summed E-state index contributed by atoms with van der Waals surface area (Å²) < 4.78 is 1.80. The standard InChI is InChI=1S/C23H23ClN4O2/c1-14-22(15(2)28(26-14)13-18-6-4-5-7-20(18)24)23(30)25-19-8-9-21-17(12-19)10-11-27(21)16(3)29/h4-9,12H,10-11,13H2,1-3H3,(H,25,30). The molecule has 2 aromatic carbocycles. The Bertz CT molecular complexity index is 1150. The van der Waals surface area contributed by atoms with Crippen LogP contribution in [0.5, 0.6) is 0 Å². The van der Waals surface area contributed by atoms with Crippen LogP contribution in [0.2, 0.25) is 5.02 Å². The molecule has 154 valence electrons. The number of nitrogens with one attached hydrogen (secondary N) is 1. The highest BCUT2D eigenvalue weighted by Gasteiger charge is 2.23. The normalized spacial score (nSPS) is 12.7. The SMILES string of the molecule is CC(=O)N1CCc2cc(NC(=O)c3c(C)nn(Cc4ccccc4Cl)c3C)ccc21. The summed E-state index contributed by atoms with van der Waals surface area (Å²) in [5.74, 6) is -0.167. The predicted octanol–water partition coefficient (Wildman–Crippen LogP) is 4.36. The minimum absolute atomic E-state index is 0.0303. The Morgan fingerprint density at radius 1 is 1.17 bits per heavy atom. The summed E-state index contributed by atoms with van der Waals surface area (Å²) in [4.78, 5) is 26.5. The molecule has 1 aliphatic heterocycles. The molecule has 0 bridgehead atoms. The first-order valence-electron chi connectivity index (χ1n) is 9.85. The zero-order valence-electron chi connectivity index (χ0n) is 17.2. The Balaban J connectivity index is 1.55. The lowest BCUT2D eigenvalue weighted by atomic mass is 10.1. The lowest BCUT2D eigenvalue weighted by Crippen LogP contribution is -2.25. The van der Waals surface area contributed by atoms with Crippen molar-refractivity contribution < 1.29 is 9.59 Å². The van der Waals surface area contributed by atoms with E-state index in [1.54, 1.807) is 16.5 Å². The summed E-state index contributed by atoms with van der Waals surface area (Å²) in [5.41, 5.74) is 5.65. The molecule has 0 saturated carbocycles. The Hall–Kier alpha value is -3.12. The van der Waals surface area contributed by atoms with E-state index in [9.17, 15) is 9.59 Å². The van der Waals surface area contributed by atoms with Gasteiger partial charge in [0.25, 0.3) is 5.91 Å². The molecule has 0 spiro atoms. The fourth-order valence-electron chi connectivity index (χ4n) is 3.97. The van der Waals surface area contributed by atoms with E-state index in [-0.39, 0.29) is 11.8 Å². The molecule has 1 aromatic heterocycles. The van der Waals surface area contributed by atoms with Gasteiger partial charge < -0.3 is 10.2 Å². The van der Waals surface area contributed by atoms with E-state index in [0.717, 1.165) is 28.9 Å². The third kappa shape index (κ3) is 3.71. The van der Waals surface area contributed by atoms with Gasteiger partial charge in [-0.1, -0.05) is 29.8 Å². The number of nitrogens with zero attached hydrogens (tertiary/aromatic N) is 3. The molecule has 0 saturated heterocycles. The first kappa shape index (κ1) is 20.2. The molecule has 7 heteroatoms. The van der Waals surface area contributed by atoms with Crippen LogP contribution in [0.25, 0.3) is 0 Å². The van der Waals surface area contributed by atoms with Gasteiger partial charge in [-0.15, -0.1) is 0 Å². The molecule has 30 heavy (non-hydrogen) atoms. The summed E-state index contributed by atoms with van der Waals surface area (Å²) in [6.07, 6.45) is 0.784. The smallest absolute Gasteiger partial charge is 0.259 e. The van der Waals surface area contributed by atoms with Gasteiger partial charge in [-0.3, -0.25) is 14.3 Å². The largest absolute Gasteiger partial charge is 0.322 e. The molecule has 0 atom stereocenters. The second-order valence-electron chi connectivity index (χ2n) is 7.51. The van der Waals surface area contributed by atoms with Crippen molar-refractivity contribution in [2.75, 3.05) is 16.8 Å². The number of amides is 2. The first-order chi connectivity index (χ1) is 14.3. The molecule has 0 aliphatic carbocycles. The van der Waals surface area contributed by atoms with Crippen LogP contribution in [0, 0.1) is 13.8 Å². The van der Waals surface area contributed by atoms with Crippen LogP contribution >= 0.6 is 11.6 Å². The van der Waals surface area contributed by atoms with Crippen molar-refractivity contribution in [3.05, 3.63) is 75.6 Å². The van der Waals surface area contributed by atoms with Gasteiger partial charge in [-0.2, -0.15) is 5.10 Å². The highest BCUT2D eigenvalue weighted by Crippen LogP contribution is 2.31. The molecular weight excluding hydrogens is 400 g/mol. The van der Waals surface area contributed by atoms with Gasteiger partial charge in [0.2, 0.25) is 5.91 Å². The highest BCUT2D eigenvalue weighted by atomic mass is 35.5. The number of rotatable bonds is 4. The van der Waals surface area contributed by atoms with Crippen LogP contribution < -0.4 is 10.2 Å². The van der Waals surface area contributed by atoms with Crippen molar-refractivity contribution in [2.24, 2.45) is 0 Å². The number of halogens is 1. The fraction of sp³-hybridized carbons (Fsp3) is 0.261. The van der Waals surface area contributed by atoms with Gasteiger partial charge in [-0.05, 0) is 55.7 Å². The van der Waals surface area contributed by atoms with Gasteiger partial charge in [0.15, 0.2) is 0 Å². The van der Waals surface area contributed by atoms with E-state index in [2.05, 4.69) is 10.4 Å². The number of aromatic nitrogens is 2. The summed E-state index contributed by atoms with van der Waals surface area (Å²) in [6, 6.07) is 13.3. The molecular formula is C23H23ClN4O2. The zero-order valence-corrected chi connectivity index (χ0v) is 18.0. The third-order valence-corrected chi connectivity index (χ3v) is 5.87. The van der Waals surface area contributed by atoms with Crippen LogP contribution in [0.15, 0.2) is 42.5 Å². The zero-order chi connectivity index (χ0) is 21.4. The number of benzene rings is 2. The van der Waals surface area contributed by atoms with Crippen molar-refractivity contribution in [3.63, 3.8) is 0 Å². The monoisotopic (exact) mass is 422 g/mol. The van der Waals surface area contributed by atoms with Gasteiger partial charge >= 0.3 is 0 Å². The lowest BCUT2D eigenvalue weighted by molar-refractivity contribution is -0.116. The average Bonchev–Trinajstić information content (AvgIpc) is 3.24. The number of hydrogen-bond acceptors (Lipinski definition) is 3. The quantitative estimate of drug-likeness (QED) is 0.679. The average molecular weight is 423 g/mol. The summed E-state index contributed by atoms with van der Waals surface area (Å²) in [7, 11) is 0. The van der Waals surface area contributed by atoms with Gasteiger partial charge in [0.05, 0.1) is 17.8 Å². The molecule has 3 aromatic rings. The van der Waals surface area contributed by atoms with Gasteiger partial charge in [0.1, 0.15) is 0 Å². The van der Waals surface area contributed by atoms with E-state index in [4.69, 9.17) is 11.6 Å². The van der Waals surface area contributed by atoms with Crippen molar-refractivity contribution in [3.8, 4) is 0 Å². The maximum Gasteiger partial charge on any atom is 0.259 e. The molecule has 0 fully saturated rings. The van der Waals surface area contributed by atoms with E-state index in [1.165, 1.54) is 0 Å². The molecule has 1 aliphatic rings.